The van der Waals surface area contributed by atoms with Crippen LogP contribution in [-0.2, 0) is 11.2 Å². The highest BCUT2D eigenvalue weighted by Crippen LogP contribution is 2.45. The first-order chi connectivity index (χ1) is 9.71. The molecular weight excluding hydrogens is 246 g/mol. The molecule has 0 radical (unpaired) electrons. The molecule has 1 aromatic rings. The van der Waals surface area contributed by atoms with Gasteiger partial charge in [-0.2, -0.15) is 0 Å². The summed E-state index contributed by atoms with van der Waals surface area (Å²) in [6, 6.07) is 2.18. The van der Waals surface area contributed by atoms with Crippen molar-refractivity contribution in [3.8, 4) is 0 Å². The maximum Gasteiger partial charge on any atom is 0.224 e. The van der Waals surface area contributed by atoms with Crippen LogP contribution < -0.4 is 5.73 Å². The molecule has 2 nitrogen and oxygen atoms in total. The molecule has 1 amide bonds. The molecule has 0 saturated heterocycles. The van der Waals surface area contributed by atoms with Gasteiger partial charge in [0.1, 0.15) is 0 Å². The Balaban J connectivity index is 2.19. The van der Waals surface area contributed by atoms with Gasteiger partial charge in [-0.3, -0.25) is 4.79 Å². The summed E-state index contributed by atoms with van der Waals surface area (Å²) in [5, 5.41) is 0.509. The maximum absolute atomic E-state index is 11.7. The van der Waals surface area contributed by atoms with Crippen LogP contribution in [0, 0.1) is 12.8 Å². The molecule has 0 fully saturated rings. The topological polar surface area (TPSA) is 43.1 Å². The van der Waals surface area contributed by atoms with Crippen LogP contribution >= 0.6 is 11.6 Å². The van der Waals surface area contributed by atoms with E-state index in [1.165, 1.54) is 0 Å². The van der Waals surface area contributed by atoms with E-state index in [0.717, 1.165) is 22.3 Å². The van der Waals surface area contributed by atoms with Gasteiger partial charge in [0.05, 0.1) is 7.29 Å². The van der Waals surface area contributed by atoms with Gasteiger partial charge in [-0.1, -0.05) is 17.6 Å². The number of fused-ring (bicyclic) bond motifs is 2. The normalized spacial score (nSPS) is 27.0. The van der Waals surface area contributed by atoms with E-state index >= 15 is 0 Å². The second kappa shape index (κ2) is 4.13. The lowest BCUT2D eigenvalue weighted by Gasteiger charge is -2.22. The summed E-state index contributed by atoms with van der Waals surface area (Å²) in [6.07, 6.45) is -0.585. The Morgan fingerprint density at radius 1 is 1.67 bits per heavy atom. The van der Waals surface area contributed by atoms with Crippen molar-refractivity contribution in [3.63, 3.8) is 0 Å². The number of benzene rings is 1. The van der Waals surface area contributed by atoms with Crippen LogP contribution in [0.3, 0.4) is 0 Å². The van der Waals surface area contributed by atoms with Crippen molar-refractivity contribution < 1.29 is 8.91 Å². The highest BCUT2D eigenvalue weighted by molar-refractivity contribution is 6.31. The summed E-state index contributed by atoms with van der Waals surface area (Å²) >= 11 is 6.17. The zero-order valence-corrected chi connectivity index (χ0v) is 10.9. The van der Waals surface area contributed by atoms with Crippen molar-refractivity contribution in [1.82, 2.24) is 0 Å². The Hall–Kier alpha value is -1.28. The second-order valence-electron chi connectivity index (χ2n) is 4.90. The number of carbonyl (C=O) groups is 1. The number of halogens is 1. The third-order valence-corrected chi connectivity index (χ3v) is 4.18. The highest BCUT2D eigenvalue weighted by Gasteiger charge is 2.33. The fourth-order valence-corrected chi connectivity index (χ4v) is 2.99. The fourth-order valence-electron chi connectivity index (χ4n) is 2.83. The van der Waals surface area contributed by atoms with Crippen molar-refractivity contribution in [3.05, 3.63) is 39.4 Å². The fraction of sp³-hybridized carbons (Fsp3) is 0.400. The highest BCUT2D eigenvalue weighted by atomic mass is 35.5. The molecule has 3 rings (SSSR count). The summed E-state index contributed by atoms with van der Waals surface area (Å²) < 4.78 is 24.3. The number of hydrogen-bond donors (Lipinski definition) is 1. The molecule has 1 unspecified atom stereocenters. The van der Waals surface area contributed by atoms with E-state index < -0.39 is 18.2 Å². The standard InChI is InChI=1S/C15H16ClNO/c1-8-5-9-6-13-10(12(9)7-14(8)16)3-2-4-11(13)15(17)18/h5,7,11H,2-4,6H2,1H3,(H2,17,18)/i2D2,5D. The van der Waals surface area contributed by atoms with Crippen LogP contribution in [0.2, 0.25) is 5.02 Å². The number of carbonyl (C=O) groups excluding carboxylic acids is 1. The lowest BCUT2D eigenvalue weighted by molar-refractivity contribution is -0.121. The molecule has 0 aromatic heterocycles. The monoisotopic (exact) mass is 264 g/mol. The molecule has 1 aromatic carbocycles. The molecule has 2 aliphatic rings. The molecule has 0 bridgehead atoms. The summed E-state index contributed by atoms with van der Waals surface area (Å²) in [4.78, 5) is 11.7. The predicted molar refractivity (Wildman–Crippen MR) is 73.3 cm³/mol. The zero-order valence-electron chi connectivity index (χ0n) is 13.1. The van der Waals surface area contributed by atoms with E-state index in [-0.39, 0.29) is 12.8 Å². The van der Waals surface area contributed by atoms with Crippen LogP contribution in [0.25, 0.3) is 5.57 Å². The number of primary amides is 1. The third kappa shape index (κ3) is 1.67. The van der Waals surface area contributed by atoms with Crippen molar-refractivity contribution in [1.29, 1.82) is 0 Å². The second-order valence-corrected chi connectivity index (χ2v) is 5.31. The Morgan fingerprint density at radius 3 is 3.17 bits per heavy atom. The quantitative estimate of drug-likeness (QED) is 0.831. The Morgan fingerprint density at radius 2 is 2.44 bits per heavy atom. The largest absolute Gasteiger partial charge is 0.369 e. The number of hydrogen-bond acceptors (Lipinski definition) is 1. The van der Waals surface area contributed by atoms with Gasteiger partial charge in [0.15, 0.2) is 0 Å². The molecule has 0 spiro atoms. The lowest BCUT2D eigenvalue weighted by Crippen LogP contribution is -2.27. The molecule has 0 heterocycles. The number of rotatable bonds is 1. The third-order valence-electron chi connectivity index (χ3n) is 3.79. The molecule has 94 valence electrons. The minimum atomic E-state index is -1.46. The number of allylic oxidation sites excluding steroid dienone is 1. The van der Waals surface area contributed by atoms with Crippen LogP contribution in [0.1, 0.15) is 40.0 Å². The van der Waals surface area contributed by atoms with Gasteiger partial charge in [-0.15, -0.1) is 0 Å². The van der Waals surface area contributed by atoms with Crippen molar-refractivity contribution in [2.75, 3.05) is 0 Å². The van der Waals surface area contributed by atoms with Gasteiger partial charge in [-0.05, 0) is 66.5 Å². The maximum atomic E-state index is 11.7. The van der Waals surface area contributed by atoms with Gasteiger partial charge < -0.3 is 5.73 Å². The molecular formula is C15H16ClNO. The summed E-state index contributed by atoms with van der Waals surface area (Å²) in [7, 11) is 0. The number of amides is 1. The minimum absolute atomic E-state index is 0.120. The molecule has 2 aliphatic carbocycles. The lowest BCUT2D eigenvalue weighted by atomic mass is 9.82. The van der Waals surface area contributed by atoms with Gasteiger partial charge in [-0.25, -0.2) is 0 Å². The van der Waals surface area contributed by atoms with Gasteiger partial charge in [0.25, 0.3) is 0 Å². The van der Waals surface area contributed by atoms with Crippen molar-refractivity contribution in [2.24, 2.45) is 11.7 Å². The molecule has 0 saturated carbocycles. The van der Waals surface area contributed by atoms with Gasteiger partial charge in [0.2, 0.25) is 5.91 Å². The zero-order chi connectivity index (χ0) is 15.5. The Labute approximate surface area is 116 Å². The summed E-state index contributed by atoms with van der Waals surface area (Å²) in [5.74, 6) is -1.08. The Kier molecular flexibility index (Phi) is 2.01. The van der Waals surface area contributed by atoms with Crippen LogP contribution in [0.15, 0.2) is 17.7 Å². The first kappa shape index (κ1) is 8.76. The predicted octanol–water partition coefficient (Wildman–Crippen LogP) is 3.24. The smallest absolute Gasteiger partial charge is 0.224 e. The van der Waals surface area contributed by atoms with Crippen LogP contribution in [0.5, 0.6) is 0 Å². The van der Waals surface area contributed by atoms with E-state index in [2.05, 4.69) is 0 Å². The van der Waals surface area contributed by atoms with E-state index in [1.54, 1.807) is 13.0 Å². The molecule has 18 heavy (non-hydrogen) atoms. The Bertz CT molecular complexity index is 697. The van der Waals surface area contributed by atoms with Gasteiger partial charge >= 0.3 is 0 Å². The number of nitrogens with two attached hydrogens (primary N) is 1. The van der Waals surface area contributed by atoms with Crippen molar-refractivity contribution in [2.45, 2.75) is 32.6 Å². The first-order valence-electron chi connectivity index (χ1n) is 7.51. The molecule has 0 aliphatic heterocycles. The first-order valence-corrected chi connectivity index (χ1v) is 6.39. The van der Waals surface area contributed by atoms with E-state index in [1.807, 2.05) is 0 Å². The van der Waals surface area contributed by atoms with Gasteiger partial charge in [0, 0.05) is 7.76 Å². The average Bonchev–Trinajstić information content (AvgIpc) is 2.72. The van der Waals surface area contributed by atoms with Crippen molar-refractivity contribution >= 4 is 23.1 Å². The van der Waals surface area contributed by atoms with Crippen LogP contribution in [-0.4, -0.2) is 5.91 Å². The van der Waals surface area contributed by atoms with E-state index in [9.17, 15) is 4.79 Å². The SMILES string of the molecule is [2H]c1c(C)c(Cl)cc2c1CC1=C2CC([2H])([2H])CC1C(N)=O. The molecule has 2 N–H and O–H groups in total. The average molecular weight is 265 g/mol. The molecule has 1 atom stereocenters. The summed E-state index contributed by atoms with van der Waals surface area (Å²) in [6.45, 7) is 1.80. The van der Waals surface area contributed by atoms with Crippen LogP contribution in [0.4, 0.5) is 0 Å². The minimum Gasteiger partial charge on any atom is -0.369 e. The van der Waals surface area contributed by atoms with E-state index in [0.29, 0.717) is 23.0 Å². The summed E-state index contributed by atoms with van der Waals surface area (Å²) in [5.41, 5.74) is 9.54. The van der Waals surface area contributed by atoms with E-state index in [4.69, 9.17) is 21.4 Å². The molecule has 3 heteroatoms.